The molecule has 0 fully saturated rings. The summed E-state index contributed by atoms with van der Waals surface area (Å²) >= 11 is 0. The number of rotatable bonds is 4. The summed E-state index contributed by atoms with van der Waals surface area (Å²) in [6, 6.07) is 7.20. The molecule has 0 saturated carbocycles. The van der Waals surface area contributed by atoms with Gasteiger partial charge in [0.1, 0.15) is 22.5 Å². The third-order valence-corrected chi connectivity index (χ3v) is 3.79. The number of phenols is 2. The molecule has 25 heavy (non-hydrogen) atoms. The van der Waals surface area contributed by atoms with E-state index in [0.29, 0.717) is 17.1 Å². The van der Waals surface area contributed by atoms with Gasteiger partial charge in [0.25, 0.3) is 0 Å². The monoisotopic (exact) mass is 344 g/mol. The van der Waals surface area contributed by atoms with E-state index in [4.69, 9.17) is 18.6 Å². The van der Waals surface area contributed by atoms with Crippen LogP contribution in [0.4, 0.5) is 0 Å². The van der Waals surface area contributed by atoms with Gasteiger partial charge in [0, 0.05) is 17.7 Å². The summed E-state index contributed by atoms with van der Waals surface area (Å²) in [5, 5.41) is 19.4. The molecule has 0 aliphatic heterocycles. The molecule has 7 nitrogen and oxygen atoms in total. The number of phenolic OH excluding ortho intramolecular Hbond substituents is 2. The van der Waals surface area contributed by atoms with Crippen LogP contribution in [0.1, 0.15) is 0 Å². The fourth-order valence-electron chi connectivity index (χ4n) is 2.56. The Morgan fingerprint density at radius 1 is 0.920 bits per heavy atom. The van der Waals surface area contributed by atoms with Crippen LogP contribution in [0.15, 0.2) is 39.5 Å². The van der Waals surface area contributed by atoms with Gasteiger partial charge in [0.2, 0.25) is 11.2 Å². The standard InChI is InChI=1S/C18H16O7/c1-22-10-7-13(23-2)15-14(8-10)25-17(18(24-3)16(15)21)9-4-5-11(19)12(20)6-9/h4-8,19-20H,1-3H3. The second kappa shape index (κ2) is 6.27. The lowest BCUT2D eigenvalue weighted by atomic mass is 10.1. The van der Waals surface area contributed by atoms with Crippen molar-refractivity contribution in [2.24, 2.45) is 0 Å². The lowest BCUT2D eigenvalue weighted by Crippen LogP contribution is -2.09. The molecule has 0 amide bonds. The smallest absolute Gasteiger partial charge is 0.239 e. The van der Waals surface area contributed by atoms with Crippen LogP contribution in [0.5, 0.6) is 28.7 Å². The first-order valence-electron chi connectivity index (χ1n) is 7.29. The molecular formula is C18H16O7. The van der Waals surface area contributed by atoms with E-state index in [-0.39, 0.29) is 34.0 Å². The van der Waals surface area contributed by atoms with Crippen molar-refractivity contribution >= 4 is 11.0 Å². The van der Waals surface area contributed by atoms with Crippen LogP contribution in [0.25, 0.3) is 22.3 Å². The summed E-state index contributed by atoms with van der Waals surface area (Å²) in [6.45, 7) is 0. The highest BCUT2D eigenvalue weighted by Crippen LogP contribution is 2.38. The average molecular weight is 344 g/mol. The average Bonchev–Trinajstić information content (AvgIpc) is 2.62. The summed E-state index contributed by atoms with van der Waals surface area (Å²) < 4.78 is 21.5. The van der Waals surface area contributed by atoms with Gasteiger partial charge < -0.3 is 28.8 Å². The maximum Gasteiger partial charge on any atom is 0.239 e. The van der Waals surface area contributed by atoms with Gasteiger partial charge in [0.15, 0.2) is 17.3 Å². The van der Waals surface area contributed by atoms with Crippen molar-refractivity contribution in [1.82, 2.24) is 0 Å². The van der Waals surface area contributed by atoms with Crippen molar-refractivity contribution in [3.05, 3.63) is 40.6 Å². The van der Waals surface area contributed by atoms with E-state index >= 15 is 0 Å². The molecule has 0 atom stereocenters. The first-order valence-corrected chi connectivity index (χ1v) is 7.29. The predicted octanol–water partition coefficient (Wildman–Crippen LogP) is 2.90. The van der Waals surface area contributed by atoms with Gasteiger partial charge in [-0.1, -0.05) is 0 Å². The van der Waals surface area contributed by atoms with Crippen molar-refractivity contribution in [1.29, 1.82) is 0 Å². The molecule has 0 unspecified atom stereocenters. The number of methoxy groups -OCH3 is 3. The maximum absolute atomic E-state index is 12.9. The van der Waals surface area contributed by atoms with Crippen molar-refractivity contribution in [3.8, 4) is 40.1 Å². The predicted molar refractivity (Wildman–Crippen MR) is 90.9 cm³/mol. The van der Waals surface area contributed by atoms with E-state index in [9.17, 15) is 15.0 Å². The summed E-state index contributed by atoms with van der Waals surface area (Å²) in [5.41, 5.74) is 0.184. The molecule has 3 aromatic rings. The Balaban J connectivity index is 2.39. The van der Waals surface area contributed by atoms with E-state index in [1.807, 2.05) is 0 Å². The van der Waals surface area contributed by atoms with Gasteiger partial charge in [-0.2, -0.15) is 0 Å². The first-order chi connectivity index (χ1) is 12.0. The molecule has 0 spiro atoms. The third kappa shape index (κ3) is 2.69. The van der Waals surface area contributed by atoms with Crippen LogP contribution in [0.3, 0.4) is 0 Å². The lowest BCUT2D eigenvalue weighted by molar-refractivity contribution is 0.388. The molecule has 0 saturated heterocycles. The third-order valence-electron chi connectivity index (χ3n) is 3.79. The number of hydrogen-bond donors (Lipinski definition) is 2. The Bertz CT molecular complexity index is 1000. The zero-order valence-electron chi connectivity index (χ0n) is 13.8. The minimum Gasteiger partial charge on any atom is -0.504 e. The molecule has 1 heterocycles. The molecule has 3 rings (SSSR count). The van der Waals surface area contributed by atoms with Crippen LogP contribution in [-0.4, -0.2) is 31.5 Å². The molecule has 0 bridgehead atoms. The number of benzene rings is 2. The largest absolute Gasteiger partial charge is 0.504 e. The molecule has 130 valence electrons. The van der Waals surface area contributed by atoms with Gasteiger partial charge in [-0.3, -0.25) is 4.79 Å². The minimum atomic E-state index is -0.425. The van der Waals surface area contributed by atoms with Crippen LogP contribution >= 0.6 is 0 Å². The van der Waals surface area contributed by atoms with Gasteiger partial charge in [0.05, 0.1) is 21.3 Å². The number of fused-ring (bicyclic) bond motifs is 1. The first kappa shape index (κ1) is 16.5. The zero-order chi connectivity index (χ0) is 18.1. The van der Waals surface area contributed by atoms with Crippen molar-refractivity contribution in [3.63, 3.8) is 0 Å². The van der Waals surface area contributed by atoms with Crippen molar-refractivity contribution < 1.29 is 28.8 Å². The highest BCUT2D eigenvalue weighted by Gasteiger charge is 2.21. The molecule has 0 aliphatic rings. The summed E-state index contributed by atoms with van der Waals surface area (Å²) in [7, 11) is 4.27. The summed E-state index contributed by atoms with van der Waals surface area (Å²) in [5.74, 6) is 0.199. The van der Waals surface area contributed by atoms with Gasteiger partial charge in [-0.25, -0.2) is 0 Å². The van der Waals surface area contributed by atoms with Gasteiger partial charge >= 0.3 is 0 Å². The zero-order valence-corrected chi connectivity index (χ0v) is 13.8. The molecular weight excluding hydrogens is 328 g/mol. The number of ether oxygens (including phenoxy) is 3. The van der Waals surface area contributed by atoms with Gasteiger partial charge in [-0.05, 0) is 18.2 Å². The topological polar surface area (TPSA) is 98.4 Å². The SMILES string of the molecule is COc1cc(OC)c2c(=O)c(OC)c(-c3ccc(O)c(O)c3)oc2c1. The van der Waals surface area contributed by atoms with E-state index in [2.05, 4.69) is 0 Å². The molecule has 7 heteroatoms. The highest BCUT2D eigenvalue weighted by molar-refractivity contribution is 5.88. The normalized spacial score (nSPS) is 10.7. The molecule has 2 N–H and O–H groups in total. The number of hydrogen-bond acceptors (Lipinski definition) is 7. The number of aromatic hydroxyl groups is 2. The van der Waals surface area contributed by atoms with Gasteiger partial charge in [-0.15, -0.1) is 0 Å². The van der Waals surface area contributed by atoms with Crippen LogP contribution in [-0.2, 0) is 0 Å². The molecule has 0 aliphatic carbocycles. The van der Waals surface area contributed by atoms with Crippen molar-refractivity contribution in [2.75, 3.05) is 21.3 Å². The fourth-order valence-corrected chi connectivity index (χ4v) is 2.56. The molecule has 2 aromatic carbocycles. The Hall–Kier alpha value is -3.35. The Morgan fingerprint density at radius 2 is 1.68 bits per heavy atom. The lowest BCUT2D eigenvalue weighted by Gasteiger charge is -2.12. The summed E-state index contributed by atoms with van der Waals surface area (Å²) in [4.78, 5) is 12.9. The quantitative estimate of drug-likeness (QED) is 0.702. The molecule has 1 aromatic heterocycles. The minimum absolute atomic E-state index is 0.0407. The van der Waals surface area contributed by atoms with E-state index in [1.54, 1.807) is 12.1 Å². The molecule has 0 radical (unpaired) electrons. The highest BCUT2D eigenvalue weighted by atomic mass is 16.5. The Kier molecular flexibility index (Phi) is 4.14. The second-order valence-corrected chi connectivity index (χ2v) is 5.20. The van der Waals surface area contributed by atoms with E-state index in [1.165, 1.54) is 39.5 Å². The maximum atomic E-state index is 12.9. The Labute approximate surface area is 142 Å². The van der Waals surface area contributed by atoms with E-state index < -0.39 is 5.43 Å². The fraction of sp³-hybridized carbons (Fsp3) is 0.167. The van der Waals surface area contributed by atoms with Crippen LogP contribution in [0.2, 0.25) is 0 Å². The second-order valence-electron chi connectivity index (χ2n) is 5.20. The van der Waals surface area contributed by atoms with Crippen LogP contribution < -0.4 is 19.6 Å². The van der Waals surface area contributed by atoms with E-state index in [0.717, 1.165) is 0 Å². The summed E-state index contributed by atoms with van der Waals surface area (Å²) in [6.07, 6.45) is 0. The Morgan fingerprint density at radius 3 is 2.28 bits per heavy atom. The van der Waals surface area contributed by atoms with Crippen molar-refractivity contribution in [2.45, 2.75) is 0 Å². The van der Waals surface area contributed by atoms with Crippen LogP contribution in [0, 0.1) is 0 Å².